The summed E-state index contributed by atoms with van der Waals surface area (Å²) in [5.74, 6) is 2.10. The summed E-state index contributed by atoms with van der Waals surface area (Å²) in [6, 6.07) is 12.4. The van der Waals surface area contributed by atoms with Crippen molar-refractivity contribution in [3.63, 3.8) is 0 Å². The second-order valence-corrected chi connectivity index (χ2v) is 11.5. The third-order valence-electron chi connectivity index (χ3n) is 8.64. The Morgan fingerprint density at radius 1 is 0.647 bits per heavy atom. The van der Waals surface area contributed by atoms with Crippen LogP contribution in [0.2, 0.25) is 0 Å². The van der Waals surface area contributed by atoms with E-state index in [1.165, 1.54) is 113 Å². The van der Waals surface area contributed by atoms with E-state index in [4.69, 9.17) is 4.74 Å². The minimum Gasteiger partial charge on any atom is -0.423 e. The van der Waals surface area contributed by atoms with E-state index in [0.717, 1.165) is 10.5 Å². The molecule has 182 valence electrons. The summed E-state index contributed by atoms with van der Waals surface area (Å²) in [5.41, 5.74) is 5.03. The fraction of sp³-hybridized carbons (Fsp3) is 0.581. The Kier molecular flexibility index (Phi) is 7.99. The van der Waals surface area contributed by atoms with E-state index in [2.05, 4.69) is 24.8 Å². The van der Waals surface area contributed by atoms with Crippen LogP contribution in [0.5, 0.6) is 5.75 Å². The third-order valence-corrected chi connectivity index (χ3v) is 8.94. The van der Waals surface area contributed by atoms with Crippen molar-refractivity contribution < 1.29 is 9.53 Å². The van der Waals surface area contributed by atoms with E-state index in [0.29, 0.717) is 23.5 Å². The van der Waals surface area contributed by atoms with E-state index in [9.17, 15) is 4.79 Å². The Hall–Kier alpha value is -1.74. The van der Waals surface area contributed by atoms with Crippen LogP contribution in [0.1, 0.15) is 141 Å². The number of thiol groups is 1. The monoisotopic (exact) mass is 476 g/mol. The lowest BCUT2D eigenvalue weighted by molar-refractivity contribution is 0.0730. The van der Waals surface area contributed by atoms with Crippen LogP contribution < -0.4 is 4.74 Å². The van der Waals surface area contributed by atoms with Gasteiger partial charge in [-0.15, -0.1) is 12.6 Å². The summed E-state index contributed by atoms with van der Waals surface area (Å²) in [6.07, 6.45) is 19.2. The van der Waals surface area contributed by atoms with Crippen molar-refractivity contribution in [2.24, 2.45) is 0 Å². The van der Waals surface area contributed by atoms with Gasteiger partial charge in [0.2, 0.25) is 0 Å². The molecule has 3 aliphatic carbocycles. The second-order valence-electron chi connectivity index (χ2n) is 11.0. The van der Waals surface area contributed by atoms with Gasteiger partial charge in [0.05, 0.1) is 5.56 Å². The first kappa shape index (κ1) is 24.0. The van der Waals surface area contributed by atoms with Crippen LogP contribution in [0.3, 0.4) is 0 Å². The number of hydrogen-bond donors (Lipinski definition) is 1. The van der Waals surface area contributed by atoms with Crippen LogP contribution in [0.25, 0.3) is 0 Å². The number of ether oxygens (including phenoxy) is 1. The first-order valence-corrected chi connectivity index (χ1v) is 14.3. The lowest BCUT2D eigenvalue weighted by atomic mass is 9.73. The molecule has 3 aliphatic rings. The van der Waals surface area contributed by atoms with Gasteiger partial charge < -0.3 is 4.74 Å². The maximum absolute atomic E-state index is 13.9. The summed E-state index contributed by atoms with van der Waals surface area (Å²) in [5, 5.41) is 0. The van der Waals surface area contributed by atoms with E-state index >= 15 is 0 Å². The first-order chi connectivity index (χ1) is 16.7. The van der Waals surface area contributed by atoms with Gasteiger partial charge in [0.1, 0.15) is 5.75 Å². The molecule has 0 spiro atoms. The summed E-state index contributed by atoms with van der Waals surface area (Å²) in [6.45, 7) is 0. The molecular weight excluding hydrogens is 436 g/mol. The predicted molar refractivity (Wildman–Crippen MR) is 143 cm³/mol. The molecule has 0 aliphatic heterocycles. The largest absolute Gasteiger partial charge is 0.423 e. The van der Waals surface area contributed by atoms with Crippen molar-refractivity contribution >= 4 is 18.6 Å². The molecule has 2 nitrogen and oxygen atoms in total. The molecule has 0 radical (unpaired) electrons. The van der Waals surface area contributed by atoms with Crippen molar-refractivity contribution in [2.75, 3.05) is 0 Å². The van der Waals surface area contributed by atoms with E-state index in [1.54, 1.807) is 0 Å². The normalized spacial score (nSPS) is 20.9. The standard InChI is InChI=1S/C31H40O2S/c32-31(33-26-16-18-27(34)19-17-26)30-28(23-12-6-2-7-13-23)20-25(22-10-4-1-5-11-22)21-29(30)24-14-8-3-9-15-24/h16-24,34H,1-15H2. The van der Waals surface area contributed by atoms with Gasteiger partial charge in [-0.25, -0.2) is 4.79 Å². The van der Waals surface area contributed by atoms with Crippen LogP contribution in [-0.4, -0.2) is 5.97 Å². The molecule has 0 unspecified atom stereocenters. The average Bonchev–Trinajstić information content (AvgIpc) is 2.91. The molecule has 5 rings (SSSR count). The lowest BCUT2D eigenvalue weighted by Crippen LogP contribution is -2.21. The van der Waals surface area contributed by atoms with Gasteiger partial charge >= 0.3 is 5.97 Å². The fourth-order valence-electron chi connectivity index (χ4n) is 6.76. The molecule has 2 aromatic rings. The molecule has 0 heterocycles. The molecule has 34 heavy (non-hydrogen) atoms. The number of hydrogen-bond acceptors (Lipinski definition) is 3. The van der Waals surface area contributed by atoms with E-state index in [1.807, 2.05) is 24.3 Å². The highest BCUT2D eigenvalue weighted by molar-refractivity contribution is 7.80. The smallest absolute Gasteiger partial charge is 0.344 e. The Bertz CT molecular complexity index is 922. The number of esters is 1. The Morgan fingerprint density at radius 2 is 1.09 bits per heavy atom. The van der Waals surface area contributed by atoms with Gasteiger partial charge in [0.15, 0.2) is 0 Å². The lowest BCUT2D eigenvalue weighted by Gasteiger charge is -2.32. The molecule has 2 aromatic carbocycles. The van der Waals surface area contributed by atoms with E-state index < -0.39 is 0 Å². The molecule has 0 N–H and O–H groups in total. The van der Waals surface area contributed by atoms with Crippen LogP contribution in [0.15, 0.2) is 41.3 Å². The highest BCUT2D eigenvalue weighted by Crippen LogP contribution is 2.44. The third kappa shape index (κ3) is 5.56. The minimum absolute atomic E-state index is 0.150. The summed E-state index contributed by atoms with van der Waals surface area (Å²) in [7, 11) is 0. The molecule has 3 heteroatoms. The Balaban J connectivity index is 1.59. The van der Waals surface area contributed by atoms with Gasteiger partial charge in [0, 0.05) is 4.90 Å². The number of benzene rings is 2. The molecule has 0 atom stereocenters. The molecule has 3 fully saturated rings. The molecule has 0 saturated heterocycles. The van der Waals surface area contributed by atoms with Crippen molar-refractivity contribution in [2.45, 2.75) is 119 Å². The zero-order valence-electron chi connectivity index (χ0n) is 20.6. The average molecular weight is 477 g/mol. The maximum atomic E-state index is 13.9. The van der Waals surface area contributed by atoms with Gasteiger partial charge in [-0.2, -0.15) is 0 Å². The first-order valence-electron chi connectivity index (χ1n) is 13.9. The van der Waals surface area contributed by atoms with Gasteiger partial charge in [-0.1, -0.05) is 69.9 Å². The molecular formula is C31H40O2S. The highest BCUT2D eigenvalue weighted by Gasteiger charge is 2.31. The molecule has 3 saturated carbocycles. The Labute approximate surface area is 211 Å². The zero-order valence-corrected chi connectivity index (χ0v) is 21.5. The van der Waals surface area contributed by atoms with Gasteiger partial charge in [0.25, 0.3) is 0 Å². The van der Waals surface area contributed by atoms with Crippen LogP contribution in [0.4, 0.5) is 0 Å². The van der Waals surface area contributed by atoms with Crippen LogP contribution in [-0.2, 0) is 0 Å². The SMILES string of the molecule is O=C(Oc1ccc(S)cc1)c1c(C2CCCCC2)cc(C2CCCCC2)cc1C1CCCCC1. The summed E-state index contributed by atoms with van der Waals surface area (Å²) >= 11 is 4.38. The molecule has 0 aromatic heterocycles. The number of carbonyl (C=O) groups is 1. The topological polar surface area (TPSA) is 26.3 Å². The quantitative estimate of drug-likeness (QED) is 0.264. The molecule has 0 amide bonds. The van der Waals surface area contributed by atoms with E-state index in [-0.39, 0.29) is 5.97 Å². The van der Waals surface area contributed by atoms with Crippen LogP contribution in [0, 0.1) is 0 Å². The van der Waals surface area contributed by atoms with Gasteiger partial charge in [-0.05, 0) is 97.2 Å². The number of carbonyl (C=O) groups excluding carboxylic acids is 1. The van der Waals surface area contributed by atoms with Crippen molar-refractivity contribution in [3.8, 4) is 5.75 Å². The Morgan fingerprint density at radius 3 is 1.56 bits per heavy atom. The zero-order chi connectivity index (χ0) is 23.3. The van der Waals surface area contributed by atoms with Crippen molar-refractivity contribution in [3.05, 3.63) is 58.7 Å². The van der Waals surface area contributed by atoms with Crippen LogP contribution >= 0.6 is 12.6 Å². The second kappa shape index (κ2) is 11.3. The summed E-state index contributed by atoms with van der Waals surface area (Å²) < 4.78 is 6.03. The number of rotatable bonds is 5. The van der Waals surface area contributed by atoms with Gasteiger partial charge in [-0.3, -0.25) is 0 Å². The van der Waals surface area contributed by atoms with Crippen molar-refractivity contribution in [1.29, 1.82) is 0 Å². The highest BCUT2D eigenvalue weighted by atomic mass is 32.1. The predicted octanol–water partition coefficient (Wildman–Crippen LogP) is 9.34. The minimum atomic E-state index is -0.150. The van der Waals surface area contributed by atoms with Crippen molar-refractivity contribution in [1.82, 2.24) is 0 Å². The maximum Gasteiger partial charge on any atom is 0.344 e. The fourth-order valence-corrected chi connectivity index (χ4v) is 6.91. The summed E-state index contributed by atoms with van der Waals surface area (Å²) in [4.78, 5) is 14.7. The molecule has 0 bridgehead atoms.